The van der Waals surface area contributed by atoms with Crippen molar-refractivity contribution >= 4 is 21.6 Å². The zero-order valence-corrected chi connectivity index (χ0v) is 17.1. The number of nitrogens with one attached hydrogen (secondary N) is 1. The Labute approximate surface area is 166 Å². The minimum absolute atomic E-state index is 0.165. The lowest BCUT2D eigenvalue weighted by molar-refractivity contribution is 0.102. The largest absolute Gasteiger partial charge is 0.492 e. The molecule has 150 valence electrons. The van der Waals surface area contributed by atoms with Crippen LogP contribution in [0.5, 0.6) is 5.75 Å². The molecule has 0 radical (unpaired) electrons. The number of amides is 1. The summed E-state index contributed by atoms with van der Waals surface area (Å²) in [5, 5.41) is 2.82. The van der Waals surface area contributed by atoms with E-state index in [1.807, 2.05) is 26.0 Å². The van der Waals surface area contributed by atoms with Gasteiger partial charge in [0, 0.05) is 18.7 Å². The highest BCUT2D eigenvalue weighted by molar-refractivity contribution is 7.89. The predicted molar refractivity (Wildman–Crippen MR) is 109 cm³/mol. The van der Waals surface area contributed by atoms with Gasteiger partial charge in [-0.1, -0.05) is 24.6 Å². The fourth-order valence-corrected chi connectivity index (χ4v) is 4.86. The van der Waals surface area contributed by atoms with E-state index in [9.17, 15) is 13.2 Å². The van der Waals surface area contributed by atoms with Crippen LogP contribution in [0.4, 0.5) is 5.69 Å². The van der Waals surface area contributed by atoms with Gasteiger partial charge in [0.15, 0.2) is 0 Å². The molecule has 3 rings (SSSR count). The molecule has 0 atom stereocenters. The minimum atomic E-state index is -3.60. The van der Waals surface area contributed by atoms with Gasteiger partial charge in [-0.25, -0.2) is 8.42 Å². The van der Waals surface area contributed by atoms with Crippen LogP contribution in [-0.2, 0) is 10.0 Å². The third kappa shape index (κ3) is 4.36. The summed E-state index contributed by atoms with van der Waals surface area (Å²) in [5.41, 5.74) is 1.73. The number of hydrogen-bond donors (Lipinski definition) is 1. The quantitative estimate of drug-likeness (QED) is 0.797. The Balaban J connectivity index is 1.93. The fourth-order valence-electron chi connectivity index (χ4n) is 3.32. The topological polar surface area (TPSA) is 75.7 Å². The molecule has 1 heterocycles. The summed E-state index contributed by atoms with van der Waals surface area (Å²) >= 11 is 0. The van der Waals surface area contributed by atoms with E-state index < -0.39 is 10.0 Å². The van der Waals surface area contributed by atoms with Crippen molar-refractivity contribution in [3.8, 4) is 5.75 Å². The van der Waals surface area contributed by atoms with Crippen LogP contribution < -0.4 is 10.1 Å². The van der Waals surface area contributed by atoms with Crippen LogP contribution in [0.25, 0.3) is 0 Å². The Bertz CT molecular complexity index is 951. The Morgan fingerprint density at radius 3 is 2.50 bits per heavy atom. The molecule has 0 saturated carbocycles. The maximum Gasteiger partial charge on any atom is 0.256 e. The van der Waals surface area contributed by atoms with Gasteiger partial charge in [0.25, 0.3) is 5.91 Å². The van der Waals surface area contributed by atoms with Gasteiger partial charge in [0.2, 0.25) is 10.0 Å². The van der Waals surface area contributed by atoms with Crippen molar-refractivity contribution in [1.82, 2.24) is 4.31 Å². The molecule has 2 aromatic carbocycles. The first-order valence-corrected chi connectivity index (χ1v) is 11.0. The van der Waals surface area contributed by atoms with Crippen molar-refractivity contribution in [2.24, 2.45) is 0 Å². The first-order valence-electron chi connectivity index (χ1n) is 9.57. The van der Waals surface area contributed by atoms with Gasteiger partial charge >= 0.3 is 0 Å². The summed E-state index contributed by atoms with van der Waals surface area (Å²) in [7, 11) is -3.60. The van der Waals surface area contributed by atoms with Crippen LogP contribution in [0.2, 0.25) is 0 Å². The van der Waals surface area contributed by atoms with Gasteiger partial charge in [0.1, 0.15) is 5.75 Å². The molecule has 1 saturated heterocycles. The van der Waals surface area contributed by atoms with E-state index in [0.717, 1.165) is 24.8 Å². The van der Waals surface area contributed by atoms with Crippen LogP contribution in [0.1, 0.15) is 42.1 Å². The Morgan fingerprint density at radius 1 is 1.11 bits per heavy atom. The number of ether oxygens (including phenoxy) is 1. The standard InChI is InChI=1S/C21H26N2O4S/c1-3-27-20-12-11-17(28(25,26)23-13-7-4-8-14-23)15-19(20)22-21(24)18-10-6-5-9-16(18)2/h5-6,9-12,15H,3-4,7-8,13-14H2,1-2H3,(H,22,24). The third-order valence-electron chi connectivity index (χ3n) is 4.84. The molecule has 0 unspecified atom stereocenters. The number of aryl methyl sites for hydroxylation is 1. The number of nitrogens with zero attached hydrogens (tertiary/aromatic N) is 1. The van der Waals surface area contributed by atoms with Crippen LogP contribution in [0, 0.1) is 6.92 Å². The molecule has 1 amide bonds. The molecule has 0 spiro atoms. The lowest BCUT2D eigenvalue weighted by Gasteiger charge is -2.26. The molecule has 6 nitrogen and oxygen atoms in total. The van der Waals surface area contributed by atoms with E-state index in [1.54, 1.807) is 24.3 Å². The van der Waals surface area contributed by atoms with Crippen LogP contribution >= 0.6 is 0 Å². The molecule has 0 aliphatic carbocycles. The number of benzene rings is 2. The molecule has 1 N–H and O–H groups in total. The Hall–Kier alpha value is -2.38. The van der Waals surface area contributed by atoms with Crippen LogP contribution in [0.15, 0.2) is 47.4 Å². The first-order chi connectivity index (χ1) is 13.4. The monoisotopic (exact) mass is 402 g/mol. The third-order valence-corrected chi connectivity index (χ3v) is 6.74. The molecule has 7 heteroatoms. The van der Waals surface area contributed by atoms with E-state index >= 15 is 0 Å². The van der Waals surface area contributed by atoms with Gasteiger partial charge in [-0.05, 0) is 56.5 Å². The van der Waals surface area contributed by atoms with Crippen molar-refractivity contribution in [3.63, 3.8) is 0 Å². The fraction of sp³-hybridized carbons (Fsp3) is 0.381. The number of hydrogen-bond acceptors (Lipinski definition) is 4. The van der Waals surface area contributed by atoms with Crippen molar-refractivity contribution in [2.75, 3.05) is 25.0 Å². The summed E-state index contributed by atoms with van der Waals surface area (Å²) < 4.78 is 33.1. The molecule has 1 fully saturated rings. The second-order valence-corrected chi connectivity index (χ2v) is 8.76. The molecule has 1 aliphatic rings. The number of piperidine rings is 1. The zero-order valence-electron chi connectivity index (χ0n) is 16.3. The Morgan fingerprint density at radius 2 is 1.82 bits per heavy atom. The highest BCUT2D eigenvalue weighted by Crippen LogP contribution is 2.30. The number of carbonyl (C=O) groups excluding carboxylic acids is 1. The van der Waals surface area contributed by atoms with Gasteiger partial charge in [-0.15, -0.1) is 0 Å². The average molecular weight is 403 g/mol. The molecule has 1 aliphatic heterocycles. The van der Waals surface area contributed by atoms with E-state index in [0.29, 0.717) is 36.7 Å². The molecular weight excluding hydrogens is 376 g/mol. The zero-order chi connectivity index (χ0) is 20.1. The molecule has 0 bridgehead atoms. The van der Waals surface area contributed by atoms with Crippen LogP contribution in [-0.4, -0.2) is 38.3 Å². The Kier molecular flexibility index (Phi) is 6.36. The molecule has 2 aromatic rings. The maximum atomic E-state index is 13.0. The van der Waals surface area contributed by atoms with Crippen molar-refractivity contribution in [1.29, 1.82) is 0 Å². The van der Waals surface area contributed by atoms with Crippen LogP contribution in [0.3, 0.4) is 0 Å². The average Bonchev–Trinajstić information content (AvgIpc) is 2.70. The van der Waals surface area contributed by atoms with Gasteiger partial charge in [0.05, 0.1) is 17.2 Å². The molecule has 28 heavy (non-hydrogen) atoms. The first kappa shape index (κ1) is 20.4. The van der Waals surface area contributed by atoms with E-state index in [-0.39, 0.29) is 10.8 Å². The second-order valence-electron chi connectivity index (χ2n) is 6.82. The predicted octanol–water partition coefficient (Wildman–Crippen LogP) is 3.82. The smallest absolute Gasteiger partial charge is 0.256 e. The summed E-state index contributed by atoms with van der Waals surface area (Å²) in [6.07, 6.45) is 2.79. The highest BCUT2D eigenvalue weighted by atomic mass is 32.2. The van der Waals surface area contributed by atoms with Crippen molar-refractivity contribution in [2.45, 2.75) is 38.0 Å². The summed E-state index contributed by atoms with van der Waals surface area (Å²) in [6.45, 7) is 5.16. The van der Waals surface area contributed by atoms with Gasteiger partial charge in [-0.3, -0.25) is 4.79 Å². The molecule has 0 aromatic heterocycles. The summed E-state index contributed by atoms with van der Waals surface area (Å²) in [5.74, 6) is 0.147. The molecular formula is C21H26N2O4S. The van der Waals surface area contributed by atoms with E-state index in [4.69, 9.17) is 4.74 Å². The number of rotatable bonds is 6. The van der Waals surface area contributed by atoms with E-state index in [2.05, 4.69) is 5.32 Å². The van der Waals surface area contributed by atoms with Gasteiger partial charge in [-0.2, -0.15) is 4.31 Å². The second kappa shape index (κ2) is 8.75. The maximum absolute atomic E-state index is 13.0. The normalized spacial score (nSPS) is 15.2. The minimum Gasteiger partial charge on any atom is -0.492 e. The number of anilines is 1. The number of carbonyl (C=O) groups is 1. The number of sulfonamides is 1. The van der Waals surface area contributed by atoms with Gasteiger partial charge < -0.3 is 10.1 Å². The lowest BCUT2D eigenvalue weighted by Crippen LogP contribution is -2.35. The van der Waals surface area contributed by atoms with E-state index in [1.165, 1.54) is 10.4 Å². The van der Waals surface area contributed by atoms with Crippen molar-refractivity contribution < 1.29 is 17.9 Å². The van der Waals surface area contributed by atoms with Crippen molar-refractivity contribution in [3.05, 3.63) is 53.6 Å². The SMILES string of the molecule is CCOc1ccc(S(=O)(=O)N2CCCCC2)cc1NC(=O)c1ccccc1C. The summed E-state index contributed by atoms with van der Waals surface area (Å²) in [6, 6.07) is 11.9. The lowest BCUT2D eigenvalue weighted by atomic mass is 10.1. The summed E-state index contributed by atoms with van der Waals surface area (Å²) in [4.78, 5) is 12.9. The highest BCUT2D eigenvalue weighted by Gasteiger charge is 2.27.